The Morgan fingerprint density at radius 1 is 0.850 bits per heavy atom. The summed E-state index contributed by atoms with van der Waals surface area (Å²) in [6.45, 7) is 0. The Bertz CT molecular complexity index is 851. The lowest BCUT2D eigenvalue weighted by Gasteiger charge is -2.27. The van der Waals surface area contributed by atoms with Gasteiger partial charge in [0.1, 0.15) is 0 Å². The smallest absolute Gasteiger partial charge is 0.0620 e. The van der Waals surface area contributed by atoms with Gasteiger partial charge in [-0.3, -0.25) is 0 Å². The quantitative estimate of drug-likeness (QED) is 0.556. The lowest BCUT2D eigenvalue weighted by atomic mass is 9.77. The van der Waals surface area contributed by atoms with E-state index in [0.29, 0.717) is 12.1 Å². The largest absolute Gasteiger partial charge is 0.0626 e. The number of aryl methyl sites for hydroxylation is 1. The minimum absolute atomic E-state index is 0.177. The highest BCUT2D eigenvalue weighted by Gasteiger charge is 2.22. The van der Waals surface area contributed by atoms with E-state index in [1.165, 1.54) is 10.9 Å². The SMILES string of the molecule is [2H]c1cccc2c1C(c1c([2H])ccc3ccccc13)CCC2. The Morgan fingerprint density at radius 2 is 1.65 bits per heavy atom. The molecule has 0 heteroatoms. The molecule has 3 aromatic rings. The Hall–Kier alpha value is -2.08. The molecule has 0 saturated heterocycles. The zero-order chi connectivity index (χ0) is 15.1. The molecule has 3 aromatic carbocycles. The van der Waals surface area contributed by atoms with Crippen molar-refractivity contribution in [2.75, 3.05) is 0 Å². The van der Waals surface area contributed by atoms with Crippen LogP contribution in [0, 0.1) is 0 Å². The molecule has 98 valence electrons. The molecule has 1 aliphatic rings. The van der Waals surface area contributed by atoms with E-state index in [-0.39, 0.29) is 5.92 Å². The number of rotatable bonds is 1. The summed E-state index contributed by atoms with van der Waals surface area (Å²) in [4.78, 5) is 0. The average Bonchev–Trinajstić information content (AvgIpc) is 2.55. The van der Waals surface area contributed by atoms with Gasteiger partial charge in [0.15, 0.2) is 0 Å². The van der Waals surface area contributed by atoms with E-state index >= 15 is 0 Å². The predicted octanol–water partition coefficient (Wildman–Crippen LogP) is 5.31. The van der Waals surface area contributed by atoms with Gasteiger partial charge in [0.25, 0.3) is 0 Å². The summed E-state index contributed by atoms with van der Waals surface area (Å²) < 4.78 is 16.8. The van der Waals surface area contributed by atoms with Crippen molar-refractivity contribution in [2.45, 2.75) is 25.2 Å². The maximum absolute atomic E-state index is 8.44. The van der Waals surface area contributed by atoms with Gasteiger partial charge >= 0.3 is 0 Å². The predicted molar refractivity (Wildman–Crippen MR) is 85.2 cm³/mol. The second-order valence-electron chi connectivity index (χ2n) is 5.53. The first-order valence-electron chi connectivity index (χ1n) is 8.32. The van der Waals surface area contributed by atoms with E-state index in [1.54, 1.807) is 0 Å². The molecule has 4 rings (SSSR count). The summed E-state index contributed by atoms with van der Waals surface area (Å²) >= 11 is 0. The molecule has 0 fully saturated rings. The van der Waals surface area contributed by atoms with E-state index in [9.17, 15) is 0 Å². The molecule has 0 aromatic heterocycles. The van der Waals surface area contributed by atoms with Crippen LogP contribution in [0.2, 0.25) is 0 Å². The van der Waals surface area contributed by atoms with Crippen LogP contribution in [-0.4, -0.2) is 0 Å². The van der Waals surface area contributed by atoms with Crippen molar-refractivity contribution in [1.82, 2.24) is 0 Å². The zero-order valence-electron chi connectivity index (χ0n) is 13.4. The fraction of sp³-hybridized carbons (Fsp3) is 0.200. The molecule has 1 aliphatic carbocycles. The van der Waals surface area contributed by atoms with Crippen molar-refractivity contribution in [3.05, 3.63) is 83.4 Å². The molecule has 0 spiro atoms. The van der Waals surface area contributed by atoms with E-state index in [0.717, 1.165) is 35.8 Å². The van der Waals surface area contributed by atoms with Gasteiger partial charge in [0.05, 0.1) is 2.74 Å². The minimum Gasteiger partial charge on any atom is -0.0620 e. The fourth-order valence-electron chi connectivity index (χ4n) is 3.43. The normalized spacial score (nSPS) is 19.3. The second-order valence-corrected chi connectivity index (χ2v) is 5.53. The van der Waals surface area contributed by atoms with Crippen LogP contribution in [0.4, 0.5) is 0 Å². The summed E-state index contributed by atoms with van der Waals surface area (Å²) in [5.41, 5.74) is 3.52. The van der Waals surface area contributed by atoms with Gasteiger partial charge in [0, 0.05) is 5.92 Å². The molecule has 1 unspecified atom stereocenters. The van der Waals surface area contributed by atoms with Crippen molar-refractivity contribution in [2.24, 2.45) is 0 Å². The van der Waals surface area contributed by atoms with Crippen LogP contribution in [0.15, 0.2) is 66.7 Å². The van der Waals surface area contributed by atoms with Gasteiger partial charge in [-0.05, 0) is 46.7 Å². The summed E-state index contributed by atoms with van der Waals surface area (Å²) in [6.07, 6.45) is 3.21. The van der Waals surface area contributed by atoms with Crippen LogP contribution < -0.4 is 0 Å². The third-order valence-electron chi connectivity index (χ3n) is 4.37. The Kier molecular flexibility index (Phi) is 2.34. The standard InChI is InChI=1S/C20H18/c1-3-11-17-15(7-1)9-5-13-19(17)20-14-6-10-16-8-2-4-12-18(16)20/h1-5,7-9,11-13,20H,6,10,14H2/i12D,13D. The maximum Gasteiger partial charge on any atom is 0.0626 e. The Morgan fingerprint density at radius 3 is 2.65 bits per heavy atom. The Labute approximate surface area is 122 Å². The van der Waals surface area contributed by atoms with Gasteiger partial charge in [-0.2, -0.15) is 0 Å². The van der Waals surface area contributed by atoms with E-state index in [4.69, 9.17) is 2.74 Å². The molecule has 0 aliphatic heterocycles. The number of hydrogen-bond donors (Lipinski definition) is 0. The lowest BCUT2D eigenvalue weighted by molar-refractivity contribution is 0.619. The van der Waals surface area contributed by atoms with Crippen LogP contribution >= 0.6 is 0 Å². The summed E-state index contributed by atoms with van der Waals surface area (Å²) in [6, 6.07) is 19.5. The highest BCUT2D eigenvalue weighted by atomic mass is 14.3. The minimum atomic E-state index is 0.177. The van der Waals surface area contributed by atoms with Crippen molar-refractivity contribution in [1.29, 1.82) is 0 Å². The first-order valence-corrected chi connectivity index (χ1v) is 7.32. The van der Waals surface area contributed by atoms with Crippen LogP contribution in [0.1, 0.15) is 38.2 Å². The Balaban J connectivity index is 2.00. The molecule has 1 atom stereocenters. The number of fused-ring (bicyclic) bond motifs is 2. The second kappa shape index (κ2) is 4.79. The molecule has 0 N–H and O–H groups in total. The van der Waals surface area contributed by atoms with Crippen molar-refractivity contribution < 1.29 is 2.74 Å². The highest BCUT2D eigenvalue weighted by Crippen LogP contribution is 2.39. The van der Waals surface area contributed by atoms with Gasteiger partial charge < -0.3 is 0 Å². The van der Waals surface area contributed by atoms with Crippen LogP contribution in [0.5, 0.6) is 0 Å². The van der Waals surface area contributed by atoms with E-state index < -0.39 is 0 Å². The summed E-state index contributed by atoms with van der Waals surface area (Å²) in [5.74, 6) is 0.177. The molecule has 0 radical (unpaired) electrons. The van der Waals surface area contributed by atoms with Gasteiger partial charge in [-0.25, -0.2) is 0 Å². The molecule has 0 amide bonds. The van der Waals surface area contributed by atoms with Gasteiger partial charge in [-0.15, -0.1) is 0 Å². The van der Waals surface area contributed by atoms with Crippen molar-refractivity contribution in [3.8, 4) is 0 Å². The topological polar surface area (TPSA) is 0 Å². The average molecular weight is 260 g/mol. The number of benzene rings is 3. The van der Waals surface area contributed by atoms with Crippen LogP contribution in [-0.2, 0) is 6.42 Å². The molecule has 20 heavy (non-hydrogen) atoms. The fourth-order valence-corrected chi connectivity index (χ4v) is 3.43. The van der Waals surface area contributed by atoms with Crippen LogP contribution in [0.3, 0.4) is 0 Å². The van der Waals surface area contributed by atoms with Crippen molar-refractivity contribution >= 4 is 10.8 Å². The molecule has 0 nitrogen and oxygen atoms in total. The molecular weight excluding hydrogens is 240 g/mol. The third-order valence-corrected chi connectivity index (χ3v) is 4.37. The molecule has 0 saturated carbocycles. The summed E-state index contributed by atoms with van der Waals surface area (Å²) in [7, 11) is 0. The lowest BCUT2D eigenvalue weighted by Crippen LogP contribution is -2.11. The monoisotopic (exact) mass is 260 g/mol. The van der Waals surface area contributed by atoms with E-state index in [2.05, 4.69) is 18.2 Å². The van der Waals surface area contributed by atoms with Gasteiger partial charge in [-0.1, -0.05) is 66.7 Å². The van der Waals surface area contributed by atoms with E-state index in [1.807, 2.05) is 36.4 Å². The van der Waals surface area contributed by atoms with Gasteiger partial charge in [0.2, 0.25) is 0 Å². The zero-order valence-corrected chi connectivity index (χ0v) is 11.4. The maximum atomic E-state index is 8.44. The molecular formula is C20H18. The third kappa shape index (κ3) is 1.84. The molecule has 0 bridgehead atoms. The first kappa shape index (κ1) is 9.77. The highest BCUT2D eigenvalue weighted by molar-refractivity contribution is 5.86. The number of hydrogen-bond acceptors (Lipinski definition) is 0. The summed E-state index contributed by atoms with van der Waals surface area (Å²) in [5, 5.41) is 2.35. The van der Waals surface area contributed by atoms with Crippen molar-refractivity contribution in [3.63, 3.8) is 0 Å². The first-order chi connectivity index (χ1) is 10.8. The molecule has 0 heterocycles. The van der Waals surface area contributed by atoms with Crippen LogP contribution in [0.25, 0.3) is 10.8 Å².